The van der Waals surface area contributed by atoms with E-state index in [9.17, 15) is 4.79 Å². The lowest BCUT2D eigenvalue weighted by Gasteiger charge is -2.07. The number of fused-ring (bicyclic) bond motifs is 3. The van der Waals surface area contributed by atoms with E-state index in [4.69, 9.17) is 0 Å². The second-order valence-corrected chi connectivity index (χ2v) is 8.41. The highest BCUT2D eigenvalue weighted by molar-refractivity contribution is 7.98. The first-order valence-corrected chi connectivity index (χ1v) is 10.8. The van der Waals surface area contributed by atoms with Gasteiger partial charge in [0.1, 0.15) is 5.82 Å². The first-order chi connectivity index (χ1) is 14.2. The van der Waals surface area contributed by atoms with Gasteiger partial charge in [0.05, 0.1) is 23.2 Å². The standard InChI is InChI=1S/C18H16N8OS2/c1-24-16(27)13-6-2-3-7-14(13)26-15(19-20-17(24)26)11-29-18-21-22-23-25(18)9-8-12-5-4-10-28-12/h2-7,10H,8-9,11H2,1H3. The van der Waals surface area contributed by atoms with Crippen LogP contribution in [0.2, 0.25) is 0 Å². The fourth-order valence-corrected chi connectivity index (χ4v) is 4.74. The van der Waals surface area contributed by atoms with E-state index >= 15 is 0 Å². The predicted molar refractivity (Wildman–Crippen MR) is 111 cm³/mol. The van der Waals surface area contributed by atoms with E-state index in [0.717, 1.165) is 22.9 Å². The molecule has 0 bridgehead atoms. The summed E-state index contributed by atoms with van der Waals surface area (Å²) in [6, 6.07) is 11.6. The van der Waals surface area contributed by atoms with Crippen molar-refractivity contribution >= 4 is 39.8 Å². The number of aryl methyl sites for hydroxylation is 3. The summed E-state index contributed by atoms with van der Waals surface area (Å²) in [6.45, 7) is 0.716. The van der Waals surface area contributed by atoms with Gasteiger partial charge in [-0.2, -0.15) is 0 Å². The molecule has 0 aliphatic carbocycles. The van der Waals surface area contributed by atoms with E-state index in [-0.39, 0.29) is 5.56 Å². The number of rotatable bonds is 6. The molecule has 11 heteroatoms. The molecule has 0 saturated heterocycles. The van der Waals surface area contributed by atoms with Crippen LogP contribution < -0.4 is 5.56 Å². The summed E-state index contributed by atoms with van der Waals surface area (Å²) in [5.41, 5.74) is 0.709. The molecule has 0 saturated carbocycles. The first-order valence-electron chi connectivity index (χ1n) is 8.95. The first kappa shape index (κ1) is 18.0. The molecule has 0 amide bonds. The zero-order valence-electron chi connectivity index (χ0n) is 15.5. The Bertz CT molecular complexity index is 1350. The van der Waals surface area contributed by atoms with Crippen LogP contribution in [-0.4, -0.2) is 39.4 Å². The summed E-state index contributed by atoms with van der Waals surface area (Å²) in [5.74, 6) is 1.79. The molecular weight excluding hydrogens is 408 g/mol. The minimum absolute atomic E-state index is 0.0859. The van der Waals surface area contributed by atoms with E-state index in [0.29, 0.717) is 23.5 Å². The zero-order chi connectivity index (χ0) is 19.8. The van der Waals surface area contributed by atoms with Gasteiger partial charge in [0.15, 0.2) is 0 Å². The van der Waals surface area contributed by atoms with Crippen molar-refractivity contribution in [2.24, 2.45) is 7.05 Å². The highest BCUT2D eigenvalue weighted by Crippen LogP contribution is 2.22. The fraction of sp³-hybridized carbons (Fsp3) is 0.222. The van der Waals surface area contributed by atoms with E-state index in [1.807, 2.05) is 39.4 Å². The normalized spacial score (nSPS) is 11.6. The highest BCUT2D eigenvalue weighted by Gasteiger charge is 2.16. The number of nitrogens with zero attached hydrogens (tertiary/aromatic N) is 8. The second kappa shape index (κ2) is 7.41. The minimum Gasteiger partial charge on any atom is -0.279 e. The van der Waals surface area contributed by atoms with Crippen LogP contribution in [0.3, 0.4) is 0 Å². The summed E-state index contributed by atoms with van der Waals surface area (Å²) in [6.07, 6.45) is 0.886. The molecule has 0 fully saturated rings. The maximum absolute atomic E-state index is 12.6. The summed E-state index contributed by atoms with van der Waals surface area (Å²) < 4.78 is 5.25. The van der Waals surface area contributed by atoms with Crippen LogP contribution in [0.1, 0.15) is 10.7 Å². The number of hydrogen-bond acceptors (Lipinski definition) is 8. The third-order valence-corrected chi connectivity index (χ3v) is 6.56. The molecule has 0 unspecified atom stereocenters. The van der Waals surface area contributed by atoms with Gasteiger partial charge in [-0.1, -0.05) is 30.0 Å². The molecule has 5 rings (SSSR count). The van der Waals surface area contributed by atoms with Crippen molar-refractivity contribution in [3.63, 3.8) is 0 Å². The van der Waals surface area contributed by atoms with Crippen molar-refractivity contribution in [3.05, 3.63) is 62.8 Å². The molecule has 4 heterocycles. The lowest BCUT2D eigenvalue weighted by Crippen LogP contribution is -2.20. The summed E-state index contributed by atoms with van der Waals surface area (Å²) in [5, 5.41) is 24.0. The summed E-state index contributed by atoms with van der Waals surface area (Å²) >= 11 is 3.23. The minimum atomic E-state index is -0.0859. The Labute approximate surface area is 173 Å². The second-order valence-electron chi connectivity index (χ2n) is 6.44. The van der Waals surface area contributed by atoms with Crippen LogP contribution in [0.15, 0.2) is 51.7 Å². The monoisotopic (exact) mass is 424 g/mol. The van der Waals surface area contributed by atoms with E-state index in [1.54, 1.807) is 18.4 Å². The third kappa shape index (κ3) is 3.21. The number of thiophene rings is 1. The van der Waals surface area contributed by atoms with Gasteiger partial charge in [-0.15, -0.1) is 26.6 Å². The Kier molecular flexibility index (Phi) is 4.60. The molecule has 0 radical (unpaired) electrons. The van der Waals surface area contributed by atoms with Crippen molar-refractivity contribution in [3.8, 4) is 0 Å². The molecule has 0 atom stereocenters. The van der Waals surface area contributed by atoms with Gasteiger partial charge in [-0.3, -0.25) is 13.8 Å². The van der Waals surface area contributed by atoms with Crippen molar-refractivity contribution in [1.82, 2.24) is 39.4 Å². The number of benzene rings is 1. The van der Waals surface area contributed by atoms with Gasteiger partial charge >= 0.3 is 0 Å². The zero-order valence-corrected chi connectivity index (χ0v) is 17.1. The van der Waals surface area contributed by atoms with Crippen molar-refractivity contribution in [2.75, 3.05) is 0 Å². The van der Waals surface area contributed by atoms with E-state index < -0.39 is 0 Å². The predicted octanol–water partition coefficient (Wildman–Crippen LogP) is 2.16. The molecule has 0 aliphatic heterocycles. The molecule has 5 aromatic rings. The van der Waals surface area contributed by atoms with Gasteiger partial charge in [0.2, 0.25) is 10.9 Å². The van der Waals surface area contributed by atoms with E-state index in [2.05, 4.69) is 37.2 Å². The highest BCUT2D eigenvalue weighted by atomic mass is 32.2. The quantitative estimate of drug-likeness (QED) is 0.385. The number of thioether (sulfide) groups is 1. The topological polar surface area (TPSA) is 95.8 Å². The number of hydrogen-bond donors (Lipinski definition) is 0. The maximum atomic E-state index is 12.6. The van der Waals surface area contributed by atoms with Crippen molar-refractivity contribution in [2.45, 2.75) is 23.9 Å². The van der Waals surface area contributed by atoms with Crippen LogP contribution in [0.25, 0.3) is 16.7 Å². The lowest BCUT2D eigenvalue weighted by molar-refractivity contribution is 0.550. The van der Waals surface area contributed by atoms with Gasteiger partial charge in [-0.25, -0.2) is 4.68 Å². The largest absolute Gasteiger partial charge is 0.279 e. The van der Waals surface area contributed by atoms with Gasteiger partial charge in [0, 0.05) is 18.3 Å². The van der Waals surface area contributed by atoms with E-state index in [1.165, 1.54) is 21.2 Å². The Hall–Kier alpha value is -3.05. The molecule has 0 aliphatic rings. The Morgan fingerprint density at radius 1 is 1.10 bits per heavy atom. The molecule has 0 spiro atoms. The molecule has 9 nitrogen and oxygen atoms in total. The molecule has 4 aromatic heterocycles. The molecular formula is C18H16N8OS2. The van der Waals surface area contributed by atoms with Crippen LogP contribution >= 0.6 is 23.1 Å². The van der Waals surface area contributed by atoms with Crippen LogP contribution in [-0.2, 0) is 25.8 Å². The summed E-state index contributed by atoms with van der Waals surface area (Å²) in [7, 11) is 1.71. The van der Waals surface area contributed by atoms with Crippen LogP contribution in [0.5, 0.6) is 0 Å². The number of para-hydroxylation sites is 1. The van der Waals surface area contributed by atoms with Gasteiger partial charge < -0.3 is 0 Å². The van der Waals surface area contributed by atoms with Gasteiger partial charge in [-0.05, 0) is 34.0 Å². The smallest absolute Gasteiger partial charge is 0.262 e. The average molecular weight is 425 g/mol. The summed E-state index contributed by atoms with van der Waals surface area (Å²) in [4.78, 5) is 13.9. The van der Waals surface area contributed by atoms with Crippen LogP contribution in [0.4, 0.5) is 0 Å². The maximum Gasteiger partial charge on any atom is 0.262 e. The fourth-order valence-electron chi connectivity index (χ4n) is 3.23. The molecule has 146 valence electrons. The average Bonchev–Trinajstić information content (AvgIpc) is 3.49. The van der Waals surface area contributed by atoms with Crippen molar-refractivity contribution in [1.29, 1.82) is 0 Å². The lowest BCUT2D eigenvalue weighted by atomic mass is 10.2. The van der Waals surface area contributed by atoms with Gasteiger partial charge in [0.25, 0.3) is 5.56 Å². The van der Waals surface area contributed by atoms with Crippen molar-refractivity contribution < 1.29 is 0 Å². The molecule has 0 N–H and O–H groups in total. The third-order valence-electron chi connectivity index (χ3n) is 4.67. The Balaban J connectivity index is 1.44. The number of aromatic nitrogens is 8. The Morgan fingerprint density at radius 2 is 2.00 bits per heavy atom. The number of tetrazole rings is 1. The molecule has 1 aromatic carbocycles. The molecule has 29 heavy (non-hydrogen) atoms. The van der Waals surface area contributed by atoms with Crippen LogP contribution in [0, 0.1) is 0 Å². The Morgan fingerprint density at radius 3 is 2.86 bits per heavy atom. The SMILES string of the molecule is Cn1c(=O)c2ccccc2n2c(CSc3nnnn3CCc3cccs3)nnc12.